The summed E-state index contributed by atoms with van der Waals surface area (Å²) >= 11 is 1.93. The van der Waals surface area contributed by atoms with Crippen molar-refractivity contribution in [1.29, 1.82) is 5.26 Å². The van der Waals surface area contributed by atoms with E-state index in [1.54, 1.807) is 0 Å². The van der Waals surface area contributed by atoms with Gasteiger partial charge in [0.2, 0.25) is 0 Å². The lowest BCUT2D eigenvalue weighted by molar-refractivity contribution is 0.487. The number of nitrogens with one attached hydrogen (secondary N) is 1. The molecule has 1 unspecified atom stereocenters. The first-order valence-corrected chi connectivity index (χ1v) is 7.33. The molecule has 0 heterocycles. The minimum Gasteiger partial charge on any atom is -0.313 e. The molecule has 0 aliphatic heterocycles. The van der Waals surface area contributed by atoms with E-state index < -0.39 is 0 Å². The molecule has 0 bridgehead atoms. The molecule has 0 aromatic carbocycles. The van der Waals surface area contributed by atoms with E-state index in [0.29, 0.717) is 12.5 Å². The van der Waals surface area contributed by atoms with E-state index in [4.69, 9.17) is 5.26 Å². The fraction of sp³-hybridized carbons (Fsp3) is 0.917. The van der Waals surface area contributed by atoms with Gasteiger partial charge in [-0.15, -0.1) is 0 Å². The van der Waals surface area contributed by atoms with Gasteiger partial charge in [0.15, 0.2) is 0 Å². The summed E-state index contributed by atoms with van der Waals surface area (Å²) in [6.07, 6.45) is 9.11. The zero-order valence-corrected chi connectivity index (χ0v) is 10.9. The summed E-state index contributed by atoms with van der Waals surface area (Å²) in [5.41, 5.74) is 0. The molecule has 0 saturated heterocycles. The predicted molar refractivity (Wildman–Crippen MR) is 69.2 cm³/mol. The Morgan fingerprint density at radius 2 is 2.00 bits per heavy atom. The highest BCUT2D eigenvalue weighted by atomic mass is 32.2. The van der Waals surface area contributed by atoms with Gasteiger partial charge in [0.05, 0.1) is 12.5 Å². The average molecular weight is 228 g/mol. The summed E-state index contributed by atoms with van der Waals surface area (Å²) < 4.78 is 0. The minimum absolute atomic E-state index is 0.404. The number of hydrogen-bond donors (Lipinski definition) is 1. The number of hydrogen-bond acceptors (Lipinski definition) is 3. The summed E-state index contributed by atoms with van der Waals surface area (Å²) in [7, 11) is 0. The molecular weight excluding hydrogens is 204 g/mol. The molecule has 0 aromatic rings. The zero-order chi connectivity index (χ0) is 11.4. The maximum atomic E-state index is 8.58. The molecule has 0 amide bonds. The van der Waals surface area contributed by atoms with E-state index >= 15 is 0 Å². The minimum atomic E-state index is 0.404. The Hall–Kier alpha value is -0.200. The van der Waals surface area contributed by atoms with Crippen molar-refractivity contribution < 1.29 is 0 Å². The van der Waals surface area contributed by atoms with Gasteiger partial charge in [-0.2, -0.15) is 17.0 Å². The van der Waals surface area contributed by atoms with Crippen molar-refractivity contribution in [2.45, 2.75) is 51.5 Å². The molecule has 2 nitrogen and oxygen atoms in total. The zero-order valence-electron chi connectivity index (χ0n) is 10.1. The van der Waals surface area contributed by atoms with Crippen LogP contribution in [0.1, 0.15) is 45.4 Å². The van der Waals surface area contributed by atoms with Crippen LogP contribution < -0.4 is 5.32 Å². The molecule has 0 aliphatic rings. The fourth-order valence-corrected chi connectivity index (χ4v) is 1.99. The van der Waals surface area contributed by atoms with Crippen LogP contribution in [-0.4, -0.2) is 24.6 Å². The molecule has 1 N–H and O–H groups in total. The molecule has 88 valence electrons. The molecule has 0 saturated carbocycles. The molecule has 0 fully saturated rings. The van der Waals surface area contributed by atoms with Crippen LogP contribution >= 0.6 is 11.8 Å². The lowest BCUT2D eigenvalue weighted by atomic mass is 10.1. The molecule has 3 heteroatoms. The maximum absolute atomic E-state index is 8.58. The third-order valence-corrected chi connectivity index (χ3v) is 3.24. The number of unbranched alkanes of at least 4 members (excludes halogenated alkanes) is 3. The highest BCUT2D eigenvalue weighted by Gasteiger charge is 2.02. The third-order valence-electron chi connectivity index (χ3n) is 2.54. The van der Waals surface area contributed by atoms with Gasteiger partial charge in [0.1, 0.15) is 0 Å². The topological polar surface area (TPSA) is 35.8 Å². The summed E-state index contributed by atoms with van der Waals surface area (Å²) in [5, 5.41) is 12.0. The van der Waals surface area contributed by atoms with Gasteiger partial charge in [-0.05, 0) is 37.8 Å². The molecule has 0 spiro atoms. The van der Waals surface area contributed by atoms with Crippen LogP contribution in [0, 0.1) is 11.3 Å². The standard InChI is InChI=1S/C12H24N2S/c1-3-12(8-9-13)14-10-6-4-5-7-11-15-2/h12,14H,3-8,10-11H2,1-2H3. The van der Waals surface area contributed by atoms with E-state index in [-0.39, 0.29) is 0 Å². The Kier molecular flexibility index (Phi) is 11.7. The second kappa shape index (κ2) is 11.9. The Morgan fingerprint density at radius 1 is 1.27 bits per heavy atom. The highest BCUT2D eigenvalue weighted by Crippen LogP contribution is 2.04. The normalized spacial score (nSPS) is 12.3. The van der Waals surface area contributed by atoms with Crippen molar-refractivity contribution in [3.8, 4) is 6.07 Å². The Labute approximate surface area is 98.8 Å². The van der Waals surface area contributed by atoms with Crippen LogP contribution in [0.4, 0.5) is 0 Å². The van der Waals surface area contributed by atoms with Gasteiger partial charge in [-0.1, -0.05) is 19.8 Å². The van der Waals surface area contributed by atoms with Crippen LogP contribution in [0.2, 0.25) is 0 Å². The summed E-state index contributed by atoms with van der Waals surface area (Å²) in [4.78, 5) is 0. The first-order chi connectivity index (χ1) is 7.35. The van der Waals surface area contributed by atoms with E-state index in [1.165, 1.54) is 31.4 Å². The lowest BCUT2D eigenvalue weighted by Gasteiger charge is -2.12. The Balaban J connectivity index is 3.18. The van der Waals surface area contributed by atoms with Crippen LogP contribution in [0.15, 0.2) is 0 Å². The number of nitriles is 1. The monoisotopic (exact) mass is 228 g/mol. The van der Waals surface area contributed by atoms with Crippen molar-refractivity contribution in [2.75, 3.05) is 18.6 Å². The van der Waals surface area contributed by atoms with Gasteiger partial charge in [-0.3, -0.25) is 0 Å². The van der Waals surface area contributed by atoms with Gasteiger partial charge in [0, 0.05) is 6.04 Å². The molecule has 1 atom stereocenters. The van der Waals surface area contributed by atoms with Crippen molar-refractivity contribution in [3.63, 3.8) is 0 Å². The third kappa shape index (κ3) is 10.1. The van der Waals surface area contributed by atoms with Crippen molar-refractivity contribution in [2.24, 2.45) is 0 Å². The largest absolute Gasteiger partial charge is 0.313 e. The smallest absolute Gasteiger partial charge is 0.0638 e. The van der Waals surface area contributed by atoms with Crippen molar-refractivity contribution in [1.82, 2.24) is 5.32 Å². The molecule has 0 rings (SSSR count). The first-order valence-electron chi connectivity index (χ1n) is 5.94. The average Bonchev–Trinajstić information content (AvgIpc) is 2.26. The van der Waals surface area contributed by atoms with Gasteiger partial charge >= 0.3 is 0 Å². The number of nitrogens with zero attached hydrogens (tertiary/aromatic N) is 1. The van der Waals surface area contributed by atoms with Gasteiger partial charge in [0.25, 0.3) is 0 Å². The van der Waals surface area contributed by atoms with Crippen molar-refractivity contribution in [3.05, 3.63) is 0 Å². The quantitative estimate of drug-likeness (QED) is 0.583. The van der Waals surface area contributed by atoms with E-state index in [9.17, 15) is 0 Å². The lowest BCUT2D eigenvalue weighted by Crippen LogP contribution is -2.28. The summed E-state index contributed by atoms with van der Waals surface area (Å²) in [6.45, 7) is 3.20. The second-order valence-electron chi connectivity index (χ2n) is 3.83. The number of rotatable bonds is 10. The summed E-state index contributed by atoms with van der Waals surface area (Å²) in [5.74, 6) is 1.29. The second-order valence-corrected chi connectivity index (χ2v) is 4.81. The maximum Gasteiger partial charge on any atom is 0.0638 e. The molecular formula is C12H24N2S. The van der Waals surface area contributed by atoms with Crippen LogP contribution in [-0.2, 0) is 0 Å². The predicted octanol–water partition coefficient (Wildman–Crippen LogP) is 3.19. The molecule has 0 radical (unpaired) electrons. The number of thioether (sulfide) groups is 1. The highest BCUT2D eigenvalue weighted by molar-refractivity contribution is 7.98. The first kappa shape index (κ1) is 14.8. The van der Waals surface area contributed by atoms with Gasteiger partial charge < -0.3 is 5.32 Å². The van der Waals surface area contributed by atoms with E-state index in [0.717, 1.165) is 13.0 Å². The fourth-order valence-electron chi connectivity index (χ4n) is 1.50. The van der Waals surface area contributed by atoms with Crippen LogP contribution in [0.25, 0.3) is 0 Å². The van der Waals surface area contributed by atoms with Crippen LogP contribution in [0.5, 0.6) is 0 Å². The van der Waals surface area contributed by atoms with E-state index in [1.807, 2.05) is 11.8 Å². The molecule has 0 aliphatic carbocycles. The SMILES string of the molecule is CCC(CC#N)NCCCCCCSC. The van der Waals surface area contributed by atoms with Crippen molar-refractivity contribution >= 4 is 11.8 Å². The summed E-state index contributed by atoms with van der Waals surface area (Å²) in [6, 6.07) is 2.63. The Bertz CT molecular complexity index is 165. The van der Waals surface area contributed by atoms with Gasteiger partial charge in [-0.25, -0.2) is 0 Å². The van der Waals surface area contributed by atoms with Crippen LogP contribution in [0.3, 0.4) is 0 Å². The molecule has 0 aromatic heterocycles. The Morgan fingerprint density at radius 3 is 2.60 bits per heavy atom. The van der Waals surface area contributed by atoms with E-state index in [2.05, 4.69) is 24.6 Å². The molecule has 15 heavy (non-hydrogen) atoms.